The predicted molar refractivity (Wildman–Crippen MR) is 128 cm³/mol. The first-order valence-electron chi connectivity index (χ1n) is 10.4. The largest absolute Gasteiger partial charge is 0.354 e. The molecule has 0 aromatic heterocycles. The average molecular weight is 480 g/mol. The number of nitrogens with zero attached hydrogens (tertiary/aromatic N) is 2. The summed E-state index contributed by atoms with van der Waals surface area (Å²) in [4.78, 5) is 27.4. The highest BCUT2D eigenvalue weighted by Crippen LogP contribution is 2.20. The summed E-state index contributed by atoms with van der Waals surface area (Å²) in [5.74, 6) is -0.777. The van der Waals surface area contributed by atoms with Gasteiger partial charge >= 0.3 is 0 Å². The first-order chi connectivity index (χ1) is 15.0. The molecule has 0 fully saturated rings. The number of rotatable bonds is 10. The SMILES string of the molecule is CCCNC(=O)[C@@H](C)N(Cc1ccc(Cl)cc1)C(=O)CN(c1ccc(C)cc1)S(C)(=O)=O. The van der Waals surface area contributed by atoms with Crippen molar-refractivity contribution < 1.29 is 18.0 Å². The molecule has 0 aliphatic carbocycles. The van der Waals surface area contributed by atoms with E-state index in [4.69, 9.17) is 11.6 Å². The van der Waals surface area contributed by atoms with Crippen LogP contribution in [0.5, 0.6) is 0 Å². The predicted octanol–water partition coefficient (Wildman–Crippen LogP) is 3.36. The van der Waals surface area contributed by atoms with E-state index in [9.17, 15) is 18.0 Å². The maximum absolute atomic E-state index is 13.3. The summed E-state index contributed by atoms with van der Waals surface area (Å²) >= 11 is 5.96. The fraction of sp³-hybridized carbons (Fsp3) is 0.391. The van der Waals surface area contributed by atoms with Gasteiger partial charge in [0, 0.05) is 18.1 Å². The zero-order chi connectivity index (χ0) is 23.9. The van der Waals surface area contributed by atoms with Crippen LogP contribution in [-0.4, -0.2) is 50.5 Å². The molecule has 0 saturated carbocycles. The Morgan fingerprint density at radius 2 is 1.66 bits per heavy atom. The number of benzene rings is 2. The molecule has 0 saturated heterocycles. The Labute approximate surface area is 195 Å². The molecule has 0 spiro atoms. The summed E-state index contributed by atoms with van der Waals surface area (Å²) < 4.78 is 26.0. The third-order valence-corrected chi connectivity index (χ3v) is 6.38. The van der Waals surface area contributed by atoms with Gasteiger partial charge in [-0.05, 0) is 50.1 Å². The number of carbonyl (C=O) groups is 2. The number of hydrogen-bond acceptors (Lipinski definition) is 4. The molecule has 0 unspecified atom stereocenters. The fourth-order valence-corrected chi connectivity index (χ4v) is 4.07. The second-order valence-corrected chi connectivity index (χ2v) is 10.1. The van der Waals surface area contributed by atoms with Crippen LogP contribution < -0.4 is 9.62 Å². The van der Waals surface area contributed by atoms with E-state index in [1.54, 1.807) is 55.5 Å². The van der Waals surface area contributed by atoms with E-state index < -0.39 is 28.5 Å². The summed E-state index contributed by atoms with van der Waals surface area (Å²) in [7, 11) is -3.73. The van der Waals surface area contributed by atoms with Crippen molar-refractivity contribution in [2.45, 2.75) is 39.8 Å². The highest BCUT2D eigenvalue weighted by molar-refractivity contribution is 7.92. The maximum atomic E-state index is 13.3. The molecular weight excluding hydrogens is 450 g/mol. The van der Waals surface area contributed by atoms with Crippen molar-refractivity contribution in [2.24, 2.45) is 0 Å². The lowest BCUT2D eigenvalue weighted by molar-refractivity contribution is -0.139. The smallest absolute Gasteiger partial charge is 0.244 e. The number of amides is 2. The summed E-state index contributed by atoms with van der Waals surface area (Å²) in [5.41, 5.74) is 2.14. The number of carbonyl (C=O) groups excluding carboxylic acids is 2. The van der Waals surface area contributed by atoms with Crippen molar-refractivity contribution in [2.75, 3.05) is 23.7 Å². The van der Waals surface area contributed by atoms with Crippen LogP contribution in [0.1, 0.15) is 31.4 Å². The van der Waals surface area contributed by atoms with Crippen LogP contribution in [0.15, 0.2) is 48.5 Å². The van der Waals surface area contributed by atoms with Crippen molar-refractivity contribution in [3.63, 3.8) is 0 Å². The number of aryl methyl sites for hydroxylation is 1. The number of anilines is 1. The molecule has 0 bridgehead atoms. The van der Waals surface area contributed by atoms with Gasteiger partial charge < -0.3 is 10.2 Å². The summed E-state index contributed by atoms with van der Waals surface area (Å²) in [6.45, 7) is 5.68. The second kappa shape index (κ2) is 11.3. The molecule has 2 rings (SSSR count). The zero-order valence-corrected chi connectivity index (χ0v) is 20.4. The Morgan fingerprint density at radius 1 is 1.06 bits per heavy atom. The lowest BCUT2D eigenvalue weighted by Gasteiger charge is -2.31. The van der Waals surface area contributed by atoms with Gasteiger partial charge in [0.05, 0.1) is 11.9 Å². The van der Waals surface area contributed by atoms with E-state index in [0.717, 1.165) is 28.1 Å². The Hall–Kier alpha value is -2.58. The normalized spacial score (nSPS) is 12.2. The van der Waals surface area contributed by atoms with Crippen LogP contribution in [0.3, 0.4) is 0 Å². The van der Waals surface area contributed by atoms with E-state index >= 15 is 0 Å². The van der Waals surface area contributed by atoms with Crippen LogP contribution in [0.25, 0.3) is 0 Å². The van der Waals surface area contributed by atoms with Crippen molar-refractivity contribution in [3.8, 4) is 0 Å². The van der Waals surface area contributed by atoms with Gasteiger partial charge in [0.25, 0.3) is 0 Å². The van der Waals surface area contributed by atoms with Gasteiger partial charge in [0.2, 0.25) is 21.8 Å². The second-order valence-electron chi connectivity index (χ2n) is 7.72. The summed E-state index contributed by atoms with van der Waals surface area (Å²) in [5, 5.41) is 3.36. The number of nitrogens with one attached hydrogen (secondary N) is 1. The van der Waals surface area contributed by atoms with Crippen LogP contribution in [0, 0.1) is 6.92 Å². The van der Waals surface area contributed by atoms with E-state index in [-0.39, 0.29) is 12.5 Å². The third kappa shape index (κ3) is 7.24. The Balaban J connectivity index is 2.34. The van der Waals surface area contributed by atoms with Crippen molar-refractivity contribution >= 4 is 39.1 Å². The van der Waals surface area contributed by atoms with Crippen LogP contribution in [-0.2, 0) is 26.2 Å². The first-order valence-corrected chi connectivity index (χ1v) is 12.6. The van der Waals surface area contributed by atoms with Gasteiger partial charge in [-0.3, -0.25) is 13.9 Å². The molecule has 2 aromatic rings. The highest BCUT2D eigenvalue weighted by atomic mass is 35.5. The lowest BCUT2D eigenvalue weighted by Crippen LogP contribution is -2.51. The molecular formula is C23H30ClN3O4S. The van der Waals surface area contributed by atoms with Crippen molar-refractivity contribution in [3.05, 3.63) is 64.7 Å². The molecule has 174 valence electrons. The fourth-order valence-electron chi connectivity index (χ4n) is 3.09. The monoisotopic (exact) mass is 479 g/mol. The zero-order valence-electron chi connectivity index (χ0n) is 18.8. The van der Waals surface area contributed by atoms with Crippen molar-refractivity contribution in [1.82, 2.24) is 10.2 Å². The molecule has 1 N–H and O–H groups in total. The molecule has 1 atom stereocenters. The van der Waals surface area contributed by atoms with Crippen LogP contribution in [0.4, 0.5) is 5.69 Å². The molecule has 32 heavy (non-hydrogen) atoms. The molecule has 9 heteroatoms. The Kier molecular flexibility index (Phi) is 9.09. The molecule has 0 aliphatic heterocycles. The van der Waals surface area contributed by atoms with Crippen LogP contribution >= 0.6 is 11.6 Å². The van der Waals surface area contributed by atoms with Gasteiger partial charge in [-0.2, -0.15) is 0 Å². The van der Waals surface area contributed by atoms with E-state index in [2.05, 4.69) is 5.32 Å². The van der Waals surface area contributed by atoms with E-state index in [1.165, 1.54) is 4.90 Å². The molecule has 0 aliphatic rings. The number of halogens is 1. The Morgan fingerprint density at radius 3 is 2.19 bits per heavy atom. The first kappa shape index (κ1) is 25.7. The van der Waals surface area contributed by atoms with Gasteiger partial charge in [0.1, 0.15) is 12.6 Å². The standard InChI is InChI=1S/C23H30ClN3O4S/c1-5-14-25-23(29)18(3)26(15-19-8-10-20(24)11-9-19)22(28)16-27(32(4,30)31)21-12-6-17(2)7-13-21/h6-13,18H,5,14-16H2,1-4H3,(H,25,29)/t18-/m1/s1. The van der Waals surface area contributed by atoms with E-state index in [1.807, 2.05) is 13.8 Å². The number of hydrogen-bond donors (Lipinski definition) is 1. The number of sulfonamides is 1. The summed E-state index contributed by atoms with van der Waals surface area (Å²) in [6, 6.07) is 13.0. The summed E-state index contributed by atoms with van der Waals surface area (Å²) in [6.07, 6.45) is 1.82. The Bertz CT molecular complexity index is 1020. The van der Waals surface area contributed by atoms with Crippen LogP contribution in [0.2, 0.25) is 5.02 Å². The van der Waals surface area contributed by atoms with Gasteiger partial charge in [-0.1, -0.05) is 48.4 Å². The topological polar surface area (TPSA) is 86.8 Å². The molecule has 2 amide bonds. The van der Waals surface area contributed by atoms with E-state index in [0.29, 0.717) is 17.3 Å². The highest BCUT2D eigenvalue weighted by Gasteiger charge is 2.29. The van der Waals surface area contributed by atoms with Gasteiger partial charge in [-0.25, -0.2) is 8.42 Å². The lowest BCUT2D eigenvalue weighted by atomic mass is 10.1. The third-order valence-electron chi connectivity index (χ3n) is 4.98. The molecule has 0 heterocycles. The quantitative estimate of drug-likeness (QED) is 0.566. The minimum atomic E-state index is -3.73. The molecule has 0 radical (unpaired) electrons. The maximum Gasteiger partial charge on any atom is 0.244 e. The minimum absolute atomic E-state index is 0.141. The average Bonchev–Trinajstić information content (AvgIpc) is 2.74. The molecule has 2 aromatic carbocycles. The minimum Gasteiger partial charge on any atom is -0.354 e. The van der Waals surface area contributed by atoms with Gasteiger partial charge in [0.15, 0.2) is 0 Å². The van der Waals surface area contributed by atoms with Gasteiger partial charge in [-0.15, -0.1) is 0 Å². The molecule has 7 nitrogen and oxygen atoms in total. The van der Waals surface area contributed by atoms with Crippen molar-refractivity contribution in [1.29, 1.82) is 0 Å².